The Morgan fingerprint density at radius 1 is 1.24 bits per heavy atom. The third kappa shape index (κ3) is 5.74. The summed E-state index contributed by atoms with van der Waals surface area (Å²) in [6.45, 7) is 15.4. The van der Waals surface area contributed by atoms with E-state index in [0.717, 1.165) is 29.7 Å². The first-order valence-corrected chi connectivity index (χ1v) is 9.37. The van der Waals surface area contributed by atoms with Crippen molar-refractivity contribution < 1.29 is 14.8 Å². The lowest BCUT2D eigenvalue weighted by molar-refractivity contribution is -0.787. The van der Waals surface area contributed by atoms with Gasteiger partial charge in [-0.3, -0.25) is 4.79 Å². The van der Waals surface area contributed by atoms with Crippen LogP contribution in [0.1, 0.15) is 71.4 Å². The molecule has 0 aliphatic carbocycles. The maximum Gasteiger partial charge on any atom is 0.258 e. The molecule has 1 aliphatic rings. The average Bonchev–Trinajstić information content (AvgIpc) is 2.41. The number of ether oxygens (including phenoxy) is 1. The van der Waals surface area contributed by atoms with Crippen molar-refractivity contribution in [3.8, 4) is 5.75 Å². The molecule has 4 nitrogen and oxygen atoms in total. The average molecular weight is 348 g/mol. The van der Waals surface area contributed by atoms with Crippen molar-refractivity contribution in [2.24, 2.45) is 0 Å². The highest BCUT2D eigenvalue weighted by molar-refractivity contribution is 5.78. The summed E-state index contributed by atoms with van der Waals surface area (Å²) in [7, 11) is 0. The van der Waals surface area contributed by atoms with E-state index in [2.05, 4.69) is 64.3 Å². The molecular formula is C21H35N2O2+. The lowest BCUT2D eigenvalue weighted by Crippen LogP contribution is -3.06. The van der Waals surface area contributed by atoms with Crippen molar-refractivity contribution in [3.05, 3.63) is 29.3 Å². The molecule has 1 heterocycles. The largest absolute Gasteiger partial charge is 0.483 e. The van der Waals surface area contributed by atoms with Crippen LogP contribution in [0.4, 0.5) is 0 Å². The Labute approximate surface area is 152 Å². The van der Waals surface area contributed by atoms with Gasteiger partial charge < -0.3 is 15.4 Å². The summed E-state index contributed by atoms with van der Waals surface area (Å²) >= 11 is 0. The van der Waals surface area contributed by atoms with Crippen molar-refractivity contribution in [2.75, 3.05) is 6.61 Å². The Balaban J connectivity index is 1.96. The Hall–Kier alpha value is -1.55. The number of hydrogen-bond donors (Lipinski definition) is 2. The minimum Gasteiger partial charge on any atom is -0.483 e. The summed E-state index contributed by atoms with van der Waals surface area (Å²) in [5, 5.41) is 5.60. The molecule has 0 unspecified atom stereocenters. The topological polar surface area (TPSA) is 54.9 Å². The zero-order chi connectivity index (χ0) is 18.8. The van der Waals surface area contributed by atoms with Crippen LogP contribution in [0.15, 0.2) is 18.2 Å². The van der Waals surface area contributed by atoms with Gasteiger partial charge in [0.2, 0.25) is 0 Å². The molecule has 0 saturated carbocycles. The van der Waals surface area contributed by atoms with Crippen LogP contribution in [0.5, 0.6) is 5.75 Å². The number of benzene rings is 1. The molecular weight excluding hydrogens is 312 g/mol. The number of aryl methyl sites for hydroxylation is 1. The molecule has 2 rings (SSSR count). The maximum atomic E-state index is 12.4. The van der Waals surface area contributed by atoms with Crippen molar-refractivity contribution >= 4 is 5.91 Å². The number of carbonyl (C=O) groups excluding carboxylic acids is 1. The number of hydrogen-bond acceptors (Lipinski definition) is 2. The lowest BCUT2D eigenvalue weighted by atomic mass is 9.79. The van der Waals surface area contributed by atoms with Crippen LogP contribution in [0.25, 0.3) is 0 Å². The smallest absolute Gasteiger partial charge is 0.258 e. The number of rotatable bonds is 5. The van der Waals surface area contributed by atoms with Gasteiger partial charge >= 0.3 is 0 Å². The van der Waals surface area contributed by atoms with E-state index >= 15 is 0 Å². The van der Waals surface area contributed by atoms with E-state index in [1.165, 1.54) is 0 Å². The molecule has 0 aromatic heterocycles. The summed E-state index contributed by atoms with van der Waals surface area (Å²) in [5.41, 5.74) is 2.57. The number of nitrogens with two attached hydrogens (primary N) is 1. The van der Waals surface area contributed by atoms with Crippen LogP contribution < -0.4 is 15.4 Å². The molecule has 3 N–H and O–H groups in total. The predicted molar refractivity (Wildman–Crippen MR) is 102 cm³/mol. The van der Waals surface area contributed by atoms with E-state index in [0.29, 0.717) is 5.92 Å². The fraction of sp³-hybridized carbons (Fsp3) is 0.667. The molecule has 1 aliphatic heterocycles. The Kier molecular flexibility index (Phi) is 5.82. The van der Waals surface area contributed by atoms with Crippen molar-refractivity contribution in [3.63, 3.8) is 0 Å². The number of piperidine rings is 1. The lowest BCUT2D eigenvalue weighted by Gasteiger charge is -2.43. The quantitative estimate of drug-likeness (QED) is 0.860. The van der Waals surface area contributed by atoms with E-state index < -0.39 is 0 Å². The van der Waals surface area contributed by atoms with Gasteiger partial charge in [0.05, 0.1) is 11.1 Å². The number of carbonyl (C=O) groups is 1. The molecule has 1 aromatic carbocycles. The van der Waals surface area contributed by atoms with Crippen LogP contribution in [0.3, 0.4) is 0 Å². The van der Waals surface area contributed by atoms with Gasteiger partial charge in [0.25, 0.3) is 5.91 Å². The molecule has 0 spiro atoms. The van der Waals surface area contributed by atoms with Crippen LogP contribution >= 0.6 is 0 Å². The van der Waals surface area contributed by atoms with Gasteiger partial charge in [-0.15, -0.1) is 0 Å². The van der Waals surface area contributed by atoms with E-state index in [-0.39, 0.29) is 29.6 Å². The molecule has 0 radical (unpaired) electrons. The fourth-order valence-electron chi connectivity index (χ4n) is 4.28. The van der Waals surface area contributed by atoms with E-state index in [9.17, 15) is 4.79 Å². The highest BCUT2D eigenvalue weighted by Gasteiger charge is 2.42. The Morgan fingerprint density at radius 3 is 2.40 bits per heavy atom. The van der Waals surface area contributed by atoms with E-state index in [4.69, 9.17) is 4.74 Å². The van der Waals surface area contributed by atoms with Crippen molar-refractivity contribution in [2.45, 2.75) is 84.3 Å². The van der Waals surface area contributed by atoms with E-state index in [1.54, 1.807) is 0 Å². The highest BCUT2D eigenvalue weighted by Crippen LogP contribution is 2.27. The second-order valence-corrected chi connectivity index (χ2v) is 9.28. The van der Waals surface area contributed by atoms with Crippen LogP contribution in [-0.2, 0) is 4.79 Å². The van der Waals surface area contributed by atoms with Crippen molar-refractivity contribution in [1.29, 1.82) is 0 Å². The summed E-state index contributed by atoms with van der Waals surface area (Å²) in [6, 6.07) is 6.40. The monoisotopic (exact) mass is 347 g/mol. The molecule has 1 saturated heterocycles. The Bertz CT molecular complexity index is 604. The highest BCUT2D eigenvalue weighted by atomic mass is 16.5. The molecule has 25 heavy (non-hydrogen) atoms. The number of amides is 1. The second kappa shape index (κ2) is 7.36. The second-order valence-electron chi connectivity index (χ2n) is 9.28. The first-order valence-electron chi connectivity index (χ1n) is 9.37. The first kappa shape index (κ1) is 19.8. The zero-order valence-corrected chi connectivity index (χ0v) is 16.9. The van der Waals surface area contributed by atoms with Gasteiger partial charge in [-0.05, 0) is 57.7 Å². The van der Waals surface area contributed by atoms with Gasteiger partial charge in [0.15, 0.2) is 6.61 Å². The van der Waals surface area contributed by atoms with Gasteiger partial charge in [0.1, 0.15) is 5.75 Å². The molecule has 4 heteroatoms. The maximum absolute atomic E-state index is 12.4. The minimum absolute atomic E-state index is 0.0327. The summed E-state index contributed by atoms with van der Waals surface area (Å²) < 4.78 is 5.87. The van der Waals surface area contributed by atoms with E-state index in [1.807, 2.05) is 13.0 Å². The SMILES string of the molecule is Cc1ccc(C(C)C)c(OCC(=O)NC2CC(C)(C)[NH2+]C(C)(C)C2)c1. The summed E-state index contributed by atoms with van der Waals surface area (Å²) in [4.78, 5) is 12.4. The van der Waals surface area contributed by atoms with Gasteiger partial charge in [-0.1, -0.05) is 26.0 Å². The molecule has 140 valence electrons. The summed E-state index contributed by atoms with van der Waals surface area (Å²) in [5.74, 6) is 1.16. The van der Waals surface area contributed by atoms with Gasteiger partial charge in [0, 0.05) is 18.9 Å². The minimum atomic E-state index is -0.0327. The fourth-order valence-corrected chi connectivity index (χ4v) is 4.28. The van der Waals surface area contributed by atoms with Gasteiger partial charge in [-0.2, -0.15) is 0 Å². The Morgan fingerprint density at radius 2 is 1.84 bits per heavy atom. The first-order chi connectivity index (χ1) is 11.5. The van der Waals surface area contributed by atoms with Gasteiger partial charge in [-0.25, -0.2) is 0 Å². The molecule has 1 fully saturated rings. The normalized spacial score (nSPS) is 19.7. The van der Waals surface area contributed by atoms with Crippen LogP contribution in [0, 0.1) is 6.92 Å². The number of quaternary nitrogens is 1. The molecule has 1 amide bonds. The predicted octanol–water partition coefficient (Wildman–Crippen LogP) is 2.90. The molecule has 0 atom stereocenters. The standard InChI is InChI=1S/C21H34N2O2/c1-14(2)17-9-8-15(3)10-18(17)25-13-19(24)22-16-11-20(4,5)23-21(6,7)12-16/h8-10,14,16,23H,11-13H2,1-7H3,(H,22,24)/p+1. The zero-order valence-electron chi connectivity index (χ0n) is 16.9. The third-order valence-corrected chi connectivity index (χ3v) is 4.84. The number of nitrogens with one attached hydrogen (secondary N) is 1. The molecule has 0 bridgehead atoms. The third-order valence-electron chi connectivity index (χ3n) is 4.84. The van der Waals surface area contributed by atoms with Crippen LogP contribution in [-0.4, -0.2) is 29.6 Å². The van der Waals surface area contributed by atoms with Crippen LogP contribution in [0.2, 0.25) is 0 Å². The summed E-state index contributed by atoms with van der Waals surface area (Å²) in [6.07, 6.45) is 1.95. The molecule has 1 aromatic rings. The van der Waals surface area contributed by atoms with Crippen molar-refractivity contribution in [1.82, 2.24) is 5.32 Å².